The van der Waals surface area contributed by atoms with Gasteiger partial charge in [-0.25, -0.2) is 19.6 Å². The number of fused-ring (bicyclic) bond motifs is 1. The number of ether oxygens (including phenoxy) is 2. The molecule has 2 heterocycles. The van der Waals surface area contributed by atoms with Crippen molar-refractivity contribution in [1.29, 1.82) is 0 Å². The molecule has 0 aliphatic heterocycles. The van der Waals surface area contributed by atoms with E-state index in [-0.39, 0.29) is 2.85 Å². The van der Waals surface area contributed by atoms with Crippen LogP contribution in [0.25, 0.3) is 10.8 Å². The Morgan fingerprint density at radius 2 is 1.31 bits per heavy atom. The molecule has 3 aromatic rings. The minimum absolute atomic E-state index is 0. The third-order valence-electron chi connectivity index (χ3n) is 3.94. The first-order valence-electron chi connectivity index (χ1n) is 12.3. The van der Waals surface area contributed by atoms with Crippen LogP contribution in [-0.2, 0) is 9.47 Å². The smallest absolute Gasteiger partial charge is 0.412 e. The molecule has 0 saturated heterocycles. The van der Waals surface area contributed by atoms with E-state index < -0.39 is 12.2 Å². The lowest BCUT2D eigenvalue weighted by atomic mass is 10.2. The lowest BCUT2D eigenvalue weighted by molar-refractivity contribution is 0.186. The molecule has 204 valence electrons. The normalized spacial score (nSPS) is 8.83. The summed E-state index contributed by atoms with van der Waals surface area (Å²) in [4.78, 5) is 29.5. The van der Waals surface area contributed by atoms with E-state index in [2.05, 4.69) is 64.7 Å². The standard InChI is InChI=1S/C11H10N2O2.C7H8N2O2.C5H12.C3H8.C2H6.2H2/c1-15-11(14)13-10-6-8-4-2-3-5-9(8)7-12-10;1-11-7(10)9-6-4-2-3-5-8-6;1-4-5(2)3;1-3-2;1-2;;/h2-7H,1H3,(H,12,13,14);2-5H,1H3,(H,8,9,10);5H,4H2,1-3H3;3H2,1-2H3;1-2H3;2*1H. The predicted octanol–water partition coefficient (Wildman–Crippen LogP) is 8.66. The van der Waals surface area contributed by atoms with Crippen molar-refractivity contribution in [2.45, 2.75) is 61.3 Å². The zero-order valence-electron chi connectivity index (χ0n) is 23.3. The molecule has 36 heavy (non-hydrogen) atoms. The number of hydrogen-bond donors (Lipinski definition) is 2. The highest BCUT2D eigenvalue weighted by molar-refractivity contribution is 5.89. The molecule has 0 saturated carbocycles. The van der Waals surface area contributed by atoms with Crippen LogP contribution in [0.3, 0.4) is 0 Å². The SMILES string of the molecule is CC.CCC.CCC(C)C.COC(=O)Nc1cc2ccccc2cn1.COC(=O)Nc1ccccn1.[HH].[HH]. The molecule has 0 unspecified atom stereocenters. The Morgan fingerprint density at radius 3 is 1.75 bits per heavy atom. The van der Waals surface area contributed by atoms with E-state index in [1.54, 1.807) is 36.7 Å². The van der Waals surface area contributed by atoms with Crippen molar-refractivity contribution in [2.75, 3.05) is 24.9 Å². The maximum atomic E-state index is 10.9. The van der Waals surface area contributed by atoms with Gasteiger partial charge in [0.2, 0.25) is 0 Å². The first-order chi connectivity index (χ1) is 17.3. The molecule has 1 aromatic carbocycles. The highest BCUT2D eigenvalue weighted by Gasteiger charge is 2.02. The van der Waals surface area contributed by atoms with Gasteiger partial charge in [0, 0.05) is 20.6 Å². The molecule has 0 bridgehead atoms. The number of benzene rings is 1. The average molecular weight is 505 g/mol. The first kappa shape index (κ1) is 34.5. The van der Waals surface area contributed by atoms with Crippen LogP contribution in [0.4, 0.5) is 21.2 Å². The van der Waals surface area contributed by atoms with E-state index in [1.165, 1.54) is 27.1 Å². The number of rotatable bonds is 3. The van der Waals surface area contributed by atoms with Crippen LogP contribution in [0.1, 0.15) is 64.2 Å². The van der Waals surface area contributed by atoms with Crippen LogP contribution in [0.5, 0.6) is 0 Å². The molecule has 0 fully saturated rings. The van der Waals surface area contributed by atoms with Crippen LogP contribution in [0, 0.1) is 5.92 Å². The quantitative estimate of drug-likeness (QED) is 0.370. The van der Waals surface area contributed by atoms with Crippen molar-refractivity contribution in [1.82, 2.24) is 9.97 Å². The Morgan fingerprint density at radius 1 is 0.833 bits per heavy atom. The fraction of sp³-hybridized carbons (Fsp3) is 0.429. The summed E-state index contributed by atoms with van der Waals surface area (Å²) >= 11 is 0. The Balaban J connectivity index is -0.000000223. The van der Waals surface area contributed by atoms with Gasteiger partial charge < -0.3 is 9.47 Å². The highest BCUT2D eigenvalue weighted by atomic mass is 16.5. The molecule has 0 atom stereocenters. The Hall–Kier alpha value is -3.68. The number of nitrogens with one attached hydrogen (secondary N) is 2. The maximum Gasteiger partial charge on any atom is 0.412 e. The second kappa shape index (κ2) is 23.1. The fourth-order valence-electron chi connectivity index (χ4n) is 1.90. The molecule has 2 aromatic heterocycles. The summed E-state index contributed by atoms with van der Waals surface area (Å²) in [7, 11) is 2.62. The molecule has 3 rings (SSSR count). The Kier molecular flexibility index (Phi) is 22.1. The molecule has 2 amide bonds. The van der Waals surface area contributed by atoms with E-state index in [0.29, 0.717) is 11.6 Å². The summed E-state index contributed by atoms with van der Waals surface area (Å²) in [6, 6.07) is 14.8. The van der Waals surface area contributed by atoms with E-state index in [9.17, 15) is 9.59 Å². The van der Waals surface area contributed by atoms with Gasteiger partial charge in [-0.15, -0.1) is 0 Å². The summed E-state index contributed by atoms with van der Waals surface area (Å²) in [5.41, 5.74) is 0. The van der Waals surface area contributed by atoms with E-state index in [0.717, 1.165) is 16.7 Å². The Bertz CT molecular complexity index is 962. The highest BCUT2D eigenvalue weighted by Crippen LogP contribution is 2.15. The lowest BCUT2D eigenvalue weighted by Gasteiger charge is -2.03. The molecular formula is C28H48N4O4. The van der Waals surface area contributed by atoms with Gasteiger partial charge in [-0.1, -0.05) is 91.6 Å². The predicted molar refractivity (Wildman–Crippen MR) is 155 cm³/mol. The summed E-state index contributed by atoms with van der Waals surface area (Å²) in [5.74, 6) is 1.86. The van der Waals surface area contributed by atoms with E-state index >= 15 is 0 Å². The van der Waals surface area contributed by atoms with Crippen LogP contribution in [0.2, 0.25) is 0 Å². The van der Waals surface area contributed by atoms with Gasteiger partial charge in [-0.2, -0.15) is 0 Å². The number of aromatic nitrogens is 2. The second-order valence-corrected chi connectivity index (χ2v) is 7.37. The second-order valence-electron chi connectivity index (χ2n) is 7.37. The van der Waals surface area contributed by atoms with Crippen LogP contribution < -0.4 is 10.6 Å². The fourth-order valence-corrected chi connectivity index (χ4v) is 1.90. The number of nitrogens with zero attached hydrogens (tertiary/aromatic N) is 2. The summed E-state index contributed by atoms with van der Waals surface area (Å²) in [5, 5.41) is 6.99. The van der Waals surface area contributed by atoms with Gasteiger partial charge in [0.25, 0.3) is 0 Å². The van der Waals surface area contributed by atoms with Gasteiger partial charge in [0.15, 0.2) is 0 Å². The third-order valence-corrected chi connectivity index (χ3v) is 3.94. The van der Waals surface area contributed by atoms with Crippen molar-refractivity contribution < 1.29 is 21.9 Å². The number of hydrogen-bond acceptors (Lipinski definition) is 6. The number of pyridine rings is 2. The van der Waals surface area contributed by atoms with Crippen molar-refractivity contribution in [3.05, 3.63) is 60.9 Å². The average Bonchev–Trinajstić information content (AvgIpc) is 2.91. The largest absolute Gasteiger partial charge is 0.453 e. The molecule has 8 heteroatoms. The molecular weight excluding hydrogens is 456 g/mol. The molecule has 0 aliphatic rings. The van der Waals surface area contributed by atoms with Crippen LogP contribution >= 0.6 is 0 Å². The van der Waals surface area contributed by atoms with Gasteiger partial charge in [0.1, 0.15) is 11.6 Å². The van der Waals surface area contributed by atoms with Crippen molar-refractivity contribution in [3.63, 3.8) is 0 Å². The number of methoxy groups -OCH3 is 2. The number of carbonyl (C=O) groups is 2. The molecule has 2 N–H and O–H groups in total. The monoisotopic (exact) mass is 504 g/mol. The minimum atomic E-state index is -0.516. The van der Waals surface area contributed by atoms with Gasteiger partial charge in [-0.05, 0) is 29.5 Å². The summed E-state index contributed by atoms with van der Waals surface area (Å²) in [6.07, 6.45) is 4.83. The molecule has 0 aliphatic carbocycles. The van der Waals surface area contributed by atoms with E-state index in [4.69, 9.17) is 0 Å². The number of anilines is 2. The third kappa shape index (κ3) is 17.8. The summed E-state index contributed by atoms with van der Waals surface area (Å²) < 4.78 is 8.84. The number of amides is 2. The van der Waals surface area contributed by atoms with Crippen molar-refractivity contribution in [2.24, 2.45) is 5.92 Å². The molecule has 8 nitrogen and oxygen atoms in total. The topological polar surface area (TPSA) is 102 Å². The minimum Gasteiger partial charge on any atom is -0.453 e. The lowest BCUT2D eigenvalue weighted by Crippen LogP contribution is -2.11. The zero-order valence-corrected chi connectivity index (χ0v) is 23.3. The maximum absolute atomic E-state index is 10.9. The van der Waals surface area contributed by atoms with Crippen molar-refractivity contribution >= 4 is 34.6 Å². The molecule has 0 spiro atoms. The van der Waals surface area contributed by atoms with Crippen LogP contribution in [-0.4, -0.2) is 36.4 Å². The summed E-state index contributed by atoms with van der Waals surface area (Å²) in [6.45, 7) is 14.9. The Labute approximate surface area is 219 Å². The first-order valence-corrected chi connectivity index (χ1v) is 12.3. The van der Waals surface area contributed by atoms with Gasteiger partial charge >= 0.3 is 12.2 Å². The number of carbonyl (C=O) groups excluding carboxylic acids is 2. The van der Waals surface area contributed by atoms with Crippen LogP contribution in [0.15, 0.2) is 60.9 Å². The van der Waals surface area contributed by atoms with Gasteiger partial charge in [0.05, 0.1) is 14.2 Å². The van der Waals surface area contributed by atoms with E-state index in [1.807, 2.05) is 38.1 Å². The zero-order chi connectivity index (χ0) is 27.8. The van der Waals surface area contributed by atoms with Gasteiger partial charge in [-0.3, -0.25) is 10.6 Å². The molecule has 0 radical (unpaired) electrons. The van der Waals surface area contributed by atoms with Crippen molar-refractivity contribution in [3.8, 4) is 0 Å².